The average molecular weight is 168 g/mol. The molecule has 1 nitrogen and oxygen atoms in total. The SMILES string of the molecule is C=C(C(=O)C(C)(C)C)[C@@H](C)CC. The Hall–Kier alpha value is -0.590. The van der Waals surface area contributed by atoms with Crippen molar-refractivity contribution in [3.63, 3.8) is 0 Å². The van der Waals surface area contributed by atoms with Gasteiger partial charge < -0.3 is 0 Å². The van der Waals surface area contributed by atoms with Gasteiger partial charge in [-0.25, -0.2) is 0 Å². The van der Waals surface area contributed by atoms with Crippen molar-refractivity contribution in [2.24, 2.45) is 11.3 Å². The van der Waals surface area contributed by atoms with Crippen molar-refractivity contribution in [2.75, 3.05) is 0 Å². The molecule has 0 aliphatic rings. The van der Waals surface area contributed by atoms with Gasteiger partial charge in [0.15, 0.2) is 5.78 Å². The number of allylic oxidation sites excluding steroid dienone is 1. The summed E-state index contributed by atoms with van der Waals surface area (Å²) in [6, 6.07) is 0. The number of hydrogen-bond donors (Lipinski definition) is 0. The smallest absolute Gasteiger partial charge is 0.163 e. The van der Waals surface area contributed by atoms with E-state index in [1.165, 1.54) is 0 Å². The standard InChI is InChI=1S/C11H20O/c1-7-8(2)9(3)10(12)11(4,5)6/h8H,3,7H2,1-2,4-6H3/t8-/m0/s1. The van der Waals surface area contributed by atoms with Crippen LogP contribution in [0, 0.1) is 11.3 Å². The first-order valence-electron chi connectivity index (χ1n) is 4.54. The molecule has 0 unspecified atom stereocenters. The van der Waals surface area contributed by atoms with Crippen LogP contribution in [-0.4, -0.2) is 5.78 Å². The normalized spacial score (nSPS) is 14.1. The van der Waals surface area contributed by atoms with Crippen LogP contribution < -0.4 is 0 Å². The summed E-state index contributed by atoms with van der Waals surface area (Å²) in [4.78, 5) is 11.7. The van der Waals surface area contributed by atoms with E-state index in [0.29, 0.717) is 5.92 Å². The van der Waals surface area contributed by atoms with Gasteiger partial charge in [0, 0.05) is 5.41 Å². The number of rotatable bonds is 3. The van der Waals surface area contributed by atoms with Crippen molar-refractivity contribution in [3.8, 4) is 0 Å². The van der Waals surface area contributed by atoms with Crippen molar-refractivity contribution in [3.05, 3.63) is 12.2 Å². The van der Waals surface area contributed by atoms with E-state index in [-0.39, 0.29) is 11.2 Å². The second-order valence-electron chi connectivity index (χ2n) is 4.41. The molecule has 0 N–H and O–H groups in total. The molecular weight excluding hydrogens is 148 g/mol. The minimum Gasteiger partial charge on any atom is -0.294 e. The number of carbonyl (C=O) groups excluding carboxylic acids is 1. The summed E-state index contributed by atoms with van der Waals surface area (Å²) in [6.45, 7) is 13.8. The van der Waals surface area contributed by atoms with E-state index in [4.69, 9.17) is 0 Å². The summed E-state index contributed by atoms with van der Waals surface area (Å²) in [5.74, 6) is 0.508. The third-order valence-electron chi connectivity index (χ3n) is 2.18. The number of hydrogen-bond acceptors (Lipinski definition) is 1. The Morgan fingerprint density at radius 1 is 1.42 bits per heavy atom. The molecule has 0 bridgehead atoms. The van der Waals surface area contributed by atoms with E-state index >= 15 is 0 Å². The van der Waals surface area contributed by atoms with Crippen LogP contribution in [0.4, 0.5) is 0 Å². The highest BCUT2D eigenvalue weighted by atomic mass is 16.1. The van der Waals surface area contributed by atoms with Crippen molar-refractivity contribution < 1.29 is 4.79 Å². The predicted molar refractivity (Wildman–Crippen MR) is 53.1 cm³/mol. The van der Waals surface area contributed by atoms with Gasteiger partial charge in [-0.05, 0) is 17.9 Å². The van der Waals surface area contributed by atoms with Gasteiger partial charge in [-0.2, -0.15) is 0 Å². The average Bonchev–Trinajstić information content (AvgIpc) is 1.98. The lowest BCUT2D eigenvalue weighted by Crippen LogP contribution is -2.24. The van der Waals surface area contributed by atoms with Crippen molar-refractivity contribution in [1.82, 2.24) is 0 Å². The molecule has 0 rings (SSSR count). The maximum atomic E-state index is 11.7. The molecule has 70 valence electrons. The van der Waals surface area contributed by atoms with Gasteiger partial charge in [-0.3, -0.25) is 4.79 Å². The number of Topliss-reactive ketones (excluding diaryl/α,β-unsaturated/α-hetero) is 1. The maximum absolute atomic E-state index is 11.7. The van der Waals surface area contributed by atoms with Crippen LogP contribution in [0.3, 0.4) is 0 Å². The molecule has 0 saturated heterocycles. The fourth-order valence-electron chi connectivity index (χ4n) is 0.952. The molecule has 0 heterocycles. The number of ketones is 1. The van der Waals surface area contributed by atoms with E-state index in [0.717, 1.165) is 12.0 Å². The predicted octanol–water partition coefficient (Wildman–Crippen LogP) is 3.20. The first kappa shape index (κ1) is 11.4. The molecule has 0 fully saturated rings. The van der Waals surface area contributed by atoms with Gasteiger partial charge in [0.05, 0.1) is 0 Å². The highest BCUT2D eigenvalue weighted by Crippen LogP contribution is 2.24. The van der Waals surface area contributed by atoms with Crippen LogP contribution in [0.15, 0.2) is 12.2 Å². The second kappa shape index (κ2) is 3.88. The molecule has 0 aromatic carbocycles. The molecular formula is C11H20O. The van der Waals surface area contributed by atoms with Crippen molar-refractivity contribution in [1.29, 1.82) is 0 Å². The molecule has 1 heteroatoms. The second-order valence-corrected chi connectivity index (χ2v) is 4.41. The summed E-state index contributed by atoms with van der Waals surface area (Å²) in [7, 11) is 0. The highest BCUT2D eigenvalue weighted by molar-refractivity contribution is 5.98. The van der Waals surface area contributed by atoms with Crippen molar-refractivity contribution in [2.45, 2.75) is 41.0 Å². The van der Waals surface area contributed by atoms with E-state index in [1.807, 2.05) is 27.7 Å². The highest BCUT2D eigenvalue weighted by Gasteiger charge is 2.25. The Bertz CT molecular complexity index is 184. The van der Waals surface area contributed by atoms with Gasteiger partial charge in [0.1, 0.15) is 0 Å². The number of carbonyl (C=O) groups is 1. The summed E-state index contributed by atoms with van der Waals surface area (Å²) in [6.07, 6.45) is 0.987. The molecule has 0 amide bonds. The molecule has 0 aromatic rings. The Kier molecular flexibility index (Phi) is 3.69. The van der Waals surface area contributed by atoms with E-state index in [2.05, 4.69) is 13.5 Å². The van der Waals surface area contributed by atoms with Gasteiger partial charge in [-0.15, -0.1) is 0 Å². The van der Waals surface area contributed by atoms with Crippen LogP contribution in [0.2, 0.25) is 0 Å². The monoisotopic (exact) mass is 168 g/mol. The minimum atomic E-state index is -0.277. The molecule has 0 saturated carbocycles. The van der Waals surface area contributed by atoms with Gasteiger partial charge >= 0.3 is 0 Å². The fraction of sp³-hybridized carbons (Fsp3) is 0.727. The molecule has 1 atom stereocenters. The van der Waals surface area contributed by atoms with Crippen LogP contribution in [0.5, 0.6) is 0 Å². The first-order valence-corrected chi connectivity index (χ1v) is 4.54. The Balaban J connectivity index is 4.42. The van der Waals surface area contributed by atoms with E-state index in [9.17, 15) is 4.79 Å². The third kappa shape index (κ3) is 2.80. The molecule has 0 spiro atoms. The van der Waals surface area contributed by atoms with Crippen LogP contribution in [0.1, 0.15) is 41.0 Å². The summed E-state index contributed by atoms with van der Waals surface area (Å²) < 4.78 is 0. The zero-order valence-electron chi connectivity index (χ0n) is 8.90. The maximum Gasteiger partial charge on any atom is 0.163 e. The summed E-state index contributed by atoms with van der Waals surface area (Å²) in [5, 5.41) is 0. The Labute approximate surface area is 75.9 Å². The molecule has 0 radical (unpaired) electrons. The van der Waals surface area contributed by atoms with Gasteiger partial charge in [0.2, 0.25) is 0 Å². The van der Waals surface area contributed by atoms with Gasteiger partial charge in [0.25, 0.3) is 0 Å². The molecule has 0 aliphatic heterocycles. The lowest BCUT2D eigenvalue weighted by atomic mass is 9.82. The minimum absolute atomic E-state index is 0.192. The van der Waals surface area contributed by atoms with Crippen LogP contribution >= 0.6 is 0 Å². The zero-order chi connectivity index (χ0) is 9.94. The van der Waals surface area contributed by atoms with Crippen LogP contribution in [0.25, 0.3) is 0 Å². The molecule has 0 aromatic heterocycles. The summed E-state index contributed by atoms with van der Waals surface area (Å²) in [5.41, 5.74) is 0.491. The molecule has 12 heavy (non-hydrogen) atoms. The largest absolute Gasteiger partial charge is 0.294 e. The topological polar surface area (TPSA) is 17.1 Å². The quantitative estimate of drug-likeness (QED) is 0.591. The summed E-state index contributed by atoms with van der Waals surface area (Å²) >= 11 is 0. The lowest BCUT2D eigenvalue weighted by molar-refractivity contribution is -0.122. The lowest BCUT2D eigenvalue weighted by Gasteiger charge is -2.21. The Morgan fingerprint density at radius 3 is 2.08 bits per heavy atom. The van der Waals surface area contributed by atoms with Crippen molar-refractivity contribution >= 4 is 5.78 Å². The van der Waals surface area contributed by atoms with E-state index in [1.54, 1.807) is 0 Å². The Morgan fingerprint density at radius 2 is 1.83 bits per heavy atom. The van der Waals surface area contributed by atoms with Gasteiger partial charge in [-0.1, -0.05) is 41.2 Å². The molecule has 0 aliphatic carbocycles. The van der Waals surface area contributed by atoms with Crippen LogP contribution in [-0.2, 0) is 4.79 Å². The van der Waals surface area contributed by atoms with E-state index < -0.39 is 0 Å². The fourth-order valence-corrected chi connectivity index (χ4v) is 0.952. The zero-order valence-corrected chi connectivity index (χ0v) is 8.90. The first-order chi connectivity index (χ1) is 5.30. The third-order valence-corrected chi connectivity index (χ3v) is 2.18.